The fourth-order valence-electron chi connectivity index (χ4n) is 2.68. The molecule has 2 unspecified atom stereocenters. The summed E-state index contributed by atoms with van der Waals surface area (Å²) in [6, 6.07) is 2.94. The zero-order valence-corrected chi connectivity index (χ0v) is 12.2. The maximum absolute atomic E-state index is 3.63. The van der Waals surface area contributed by atoms with E-state index in [1.54, 1.807) is 0 Å². The van der Waals surface area contributed by atoms with Crippen molar-refractivity contribution in [2.24, 2.45) is 5.92 Å². The van der Waals surface area contributed by atoms with Crippen LogP contribution in [0, 0.1) is 5.92 Å². The molecular formula is C13H20BrNS. The van der Waals surface area contributed by atoms with Gasteiger partial charge in [-0.05, 0) is 65.5 Å². The van der Waals surface area contributed by atoms with E-state index in [9.17, 15) is 0 Å². The highest BCUT2D eigenvalue weighted by molar-refractivity contribution is 9.10. The Hall–Kier alpha value is 0.140. The highest BCUT2D eigenvalue weighted by Gasteiger charge is 2.22. The molecule has 1 aliphatic rings. The molecular weight excluding hydrogens is 282 g/mol. The van der Waals surface area contributed by atoms with Crippen LogP contribution in [0.15, 0.2) is 15.9 Å². The minimum absolute atomic E-state index is 0.766. The molecule has 16 heavy (non-hydrogen) atoms. The Morgan fingerprint density at radius 3 is 3.06 bits per heavy atom. The first-order valence-electron chi connectivity index (χ1n) is 6.24. The largest absolute Gasteiger partial charge is 0.314 e. The number of hydrogen-bond acceptors (Lipinski definition) is 2. The van der Waals surface area contributed by atoms with Crippen molar-refractivity contribution >= 4 is 27.3 Å². The number of nitrogens with one attached hydrogen (secondary N) is 1. The maximum atomic E-state index is 3.63. The van der Waals surface area contributed by atoms with Crippen molar-refractivity contribution in [2.75, 3.05) is 6.54 Å². The van der Waals surface area contributed by atoms with Crippen molar-refractivity contribution < 1.29 is 0 Å². The average Bonchev–Trinajstić information content (AvgIpc) is 2.66. The van der Waals surface area contributed by atoms with Crippen molar-refractivity contribution in [1.29, 1.82) is 0 Å². The van der Waals surface area contributed by atoms with Gasteiger partial charge in [0.25, 0.3) is 0 Å². The normalized spacial score (nSPS) is 25.9. The first-order chi connectivity index (χ1) is 7.79. The molecule has 0 amide bonds. The van der Waals surface area contributed by atoms with Crippen molar-refractivity contribution in [2.45, 2.75) is 45.1 Å². The first kappa shape index (κ1) is 12.6. The quantitative estimate of drug-likeness (QED) is 0.878. The Labute approximate surface area is 111 Å². The molecule has 0 spiro atoms. The van der Waals surface area contributed by atoms with Gasteiger partial charge in [0.15, 0.2) is 0 Å². The number of halogens is 1. The summed E-state index contributed by atoms with van der Waals surface area (Å²) >= 11 is 5.52. The molecule has 0 bridgehead atoms. The average molecular weight is 302 g/mol. The Kier molecular flexibility index (Phi) is 4.86. The van der Waals surface area contributed by atoms with Gasteiger partial charge in [0.1, 0.15) is 0 Å². The summed E-state index contributed by atoms with van der Waals surface area (Å²) in [5.41, 5.74) is 0. The van der Waals surface area contributed by atoms with Gasteiger partial charge in [0.2, 0.25) is 0 Å². The molecule has 90 valence electrons. The summed E-state index contributed by atoms with van der Waals surface area (Å²) in [6.07, 6.45) is 6.80. The van der Waals surface area contributed by atoms with Gasteiger partial charge < -0.3 is 5.32 Å². The van der Waals surface area contributed by atoms with Crippen LogP contribution in [-0.2, 0) is 6.42 Å². The third-order valence-corrected chi connectivity index (χ3v) is 5.39. The van der Waals surface area contributed by atoms with E-state index in [0.717, 1.165) is 18.5 Å². The van der Waals surface area contributed by atoms with Gasteiger partial charge >= 0.3 is 0 Å². The van der Waals surface area contributed by atoms with Crippen molar-refractivity contribution in [3.8, 4) is 0 Å². The van der Waals surface area contributed by atoms with E-state index in [-0.39, 0.29) is 0 Å². The Morgan fingerprint density at radius 2 is 2.38 bits per heavy atom. The van der Waals surface area contributed by atoms with Gasteiger partial charge in [-0.25, -0.2) is 0 Å². The molecule has 1 nitrogen and oxygen atoms in total. The molecule has 1 saturated carbocycles. The Bertz CT molecular complexity index is 321. The molecule has 1 aliphatic carbocycles. The third kappa shape index (κ3) is 3.31. The predicted octanol–water partition coefficient (Wildman–Crippen LogP) is 4.22. The summed E-state index contributed by atoms with van der Waals surface area (Å²) < 4.78 is 1.31. The van der Waals surface area contributed by atoms with Crippen LogP contribution in [-0.4, -0.2) is 12.6 Å². The van der Waals surface area contributed by atoms with Crippen molar-refractivity contribution in [3.05, 3.63) is 20.8 Å². The fraction of sp³-hybridized carbons (Fsp3) is 0.692. The smallest absolute Gasteiger partial charge is 0.0314 e. The third-order valence-electron chi connectivity index (χ3n) is 3.44. The van der Waals surface area contributed by atoms with E-state index >= 15 is 0 Å². The van der Waals surface area contributed by atoms with Crippen LogP contribution in [0.4, 0.5) is 0 Å². The lowest BCUT2D eigenvalue weighted by Crippen LogP contribution is -2.34. The van der Waals surface area contributed by atoms with Crippen LogP contribution in [0.5, 0.6) is 0 Å². The molecule has 2 atom stereocenters. The van der Waals surface area contributed by atoms with Crippen LogP contribution in [0.1, 0.15) is 37.5 Å². The minimum atomic E-state index is 0.766. The van der Waals surface area contributed by atoms with Crippen LogP contribution >= 0.6 is 27.3 Å². The molecule has 0 saturated heterocycles. The zero-order valence-electron chi connectivity index (χ0n) is 9.84. The summed E-state index contributed by atoms with van der Waals surface area (Å²) in [4.78, 5) is 1.53. The van der Waals surface area contributed by atoms with E-state index in [1.165, 1.54) is 41.5 Å². The maximum Gasteiger partial charge on any atom is 0.0314 e. The highest BCUT2D eigenvalue weighted by Crippen LogP contribution is 2.32. The second kappa shape index (κ2) is 6.18. The second-order valence-electron chi connectivity index (χ2n) is 4.68. The highest BCUT2D eigenvalue weighted by atomic mass is 79.9. The van der Waals surface area contributed by atoms with Gasteiger partial charge in [-0.1, -0.05) is 13.3 Å². The number of hydrogen-bond donors (Lipinski definition) is 1. The van der Waals surface area contributed by atoms with Gasteiger partial charge in [-0.15, -0.1) is 11.3 Å². The summed E-state index contributed by atoms with van der Waals surface area (Å²) in [5.74, 6) is 0.882. The fourth-order valence-corrected chi connectivity index (χ4v) is 4.31. The molecule has 0 aromatic carbocycles. The van der Waals surface area contributed by atoms with E-state index in [2.05, 4.69) is 39.6 Å². The van der Waals surface area contributed by atoms with Gasteiger partial charge in [-0.3, -0.25) is 0 Å². The van der Waals surface area contributed by atoms with Crippen LogP contribution in [0.2, 0.25) is 0 Å². The zero-order chi connectivity index (χ0) is 11.4. The SMILES string of the molecule is CCNC1CCCC(Cc2sccc2Br)C1. The van der Waals surface area contributed by atoms with Gasteiger partial charge in [0.05, 0.1) is 0 Å². The number of rotatable bonds is 4. The lowest BCUT2D eigenvalue weighted by atomic mass is 9.83. The topological polar surface area (TPSA) is 12.0 Å². The molecule has 1 heterocycles. The lowest BCUT2D eigenvalue weighted by Gasteiger charge is -2.29. The molecule has 1 N–H and O–H groups in total. The standard InChI is InChI=1S/C13H20BrNS/c1-2-15-11-5-3-4-10(8-11)9-13-12(14)6-7-16-13/h6-7,10-11,15H,2-5,8-9H2,1H3. The minimum Gasteiger partial charge on any atom is -0.314 e. The summed E-state index contributed by atoms with van der Waals surface area (Å²) in [6.45, 7) is 3.32. The van der Waals surface area contributed by atoms with E-state index in [1.807, 2.05) is 11.3 Å². The van der Waals surface area contributed by atoms with Gasteiger partial charge in [-0.2, -0.15) is 0 Å². The van der Waals surface area contributed by atoms with E-state index < -0.39 is 0 Å². The Balaban J connectivity index is 1.88. The van der Waals surface area contributed by atoms with Crippen LogP contribution in [0.3, 0.4) is 0 Å². The molecule has 2 rings (SSSR count). The summed E-state index contributed by atoms with van der Waals surface area (Å²) in [5, 5.41) is 5.78. The van der Waals surface area contributed by atoms with Crippen LogP contribution in [0.25, 0.3) is 0 Å². The molecule has 1 fully saturated rings. The van der Waals surface area contributed by atoms with Crippen LogP contribution < -0.4 is 5.32 Å². The second-order valence-corrected chi connectivity index (χ2v) is 6.54. The first-order valence-corrected chi connectivity index (χ1v) is 7.92. The molecule has 1 aromatic rings. The van der Waals surface area contributed by atoms with Crippen molar-refractivity contribution in [1.82, 2.24) is 5.32 Å². The Morgan fingerprint density at radius 1 is 1.50 bits per heavy atom. The van der Waals surface area contributed by atoms with Crippen molar-refractivity contribution in [3.63, 3.8) is 0 Å². The molecule has 1 aromatic heterocycles. The molecule has 0 aliphatic heterocycles. The van der Waals surface area contributed by atoms with E-state index in [0.29, 0.717) is 0 Å². The lowest BCUT2D eigenvalue weighted by molar-refractivity contribution is 0.288. The molecule has 0 radical (unpaired) electrons. The van der Waals surface area contributed by atoms with Gasteiger partial charge in [0, 0.05) is 15.4 Å². The summed E-state index contributed by atoms with van der Waals surface area (Å²) in [7, 11) is 0. The molecule has 3 heteroatoms. The monoisotopic (exact) mass is 301 g/mol. The predicted molar refractivity (Wildman–Crippen MR) is 75.1 cm³/mol. The number of thiophene rings is 1. The van der Waals surface area contributed by atoms with E-state index in [4.69, 9.17) is 0 Å².